The maximum atomic E-state index is 5.44. The zero-order chi connectivity index (χ0) is 9.19. The molecule has 0 spiro atoms. The van der Waals surface area contributed by atoms with Gasteiger partial charge in [-0.25, -0.2) is 0 Å². The summed E-state index contributed by atoms with van der Waals surface area (Å²) in [6.45, 7) is 7.07. The Morgan fingerprint density at radius 1 is 1.42 bits per heavy atom. The van der Waals surface area contributed by atoms with Crippen molar-refractivity contribution in [2.75, 3.05) is 7.11 Å². The van der Waals surface area contributed by atoms with Crippen molar-refractivity contribution >= 4 is 0 Å². The van der Waals surface area contributed by atoms with Crippen molar-refractivity contribution in [1.29, 1.82) is 0 Å². The fourth-order valence-corrected chi connectivity index (χ4v) is 2.18. The van der Waals surface area contributed by atoms with Gasteiger partial charge in [0.2, 0.25) is 0 Å². The predicted molar refractivity (Wildman–Crippen MR) is 52.2 cm³/mol. The molecule has 72 valence electrons. The summed E-state index contributed by atoms with van der Waals surface area (Å²) < 4.78 is 5.44. The lowest BCUT2D eigenvalue weighted by molar-refractivity contribution is 0.0000186. The quantitative estimate of drug-likeness (QED) is 0.618. The Morgan fingerprint density at radius 3 is 2.58 bits per heavy atom. The van der Waals surface area contributed by atoms with Crippen molar-refractivity contribution in [1.82, 2.24) is 0 Å². The van der Waals surface area contributed by atoms with Crippen LogP contribution in [0.4, 0.5) is 0 Å². The number of rotatable bonds is 2. The largest absolute Gasteiger partial charge is 0.381 e. The van der Waals surface area contributed by atoms with E-state index in [0.717, 1.165) is 5.92 Å². The number of hydrogen-bond acceptors (Lipinski definition) is 1. The van der Waals surface area contributed by atoms with Crippen LogP contribution in [0.3, 0.4) is 0 Å². The molecule has 1 saturated carbocycles. The smallest absolute Gasteiger partial charge is 0.0576 e. The maximum absolute atomic E-state index is 5.44. The second-order valence-corrected chi connectivity index (χ2v) is 4.76. The van der Waals surface area contributed by atoms with E-state index >= 15 is 0 Å². The second kappa shape index (κ2) is 3.78. The molecule has 0 amide bonds. The monoisotopic (exact) mass is 170 g/mol. The SMILES string of the molecule is COC1CCCC(C)(C(C)C)C1. The lowest BCUT2D eigenvalue weighted by Gasteiger charge is -2.40. The lowest BCUT2D eigenvalue weighted by Crippen LogP contribution is -2.33. The molecule has 0 aliphatic heterocycles. The Morgan fingerprint density at radius 2 is 2.08 bits per heavy atom. The van der Waals surface area contributed by atoms with E-state index in [9.17, 15) is 0 Å². The highest BCUT2D eigenvalue weighted by Gasteiger charge is 2.34. The minimum atomic E-state index is 0.520. The van der Waals surface area contributed by atoms with Gasteiger partial charge in [-0.1, -0.05) is 27.2 Å². The van der Waals surface area contributed by atoms with Gasteiger partial charge in [0.25, 0.3) is 0 Å². The Hall–Kier alpha value is -0.0400. The molecule has 2 atom stereocenters. The van der Waals surface area contributed by atoms with Gasteiger partial charge < -0.3 is 4.74 Å². The number of hydrogen-bond donors (Lipinski definition) is 0. The molecule has 0 radical (unpaired) electrons. The third kappa shape index (κ3) is 2.01. The van der Waals surface area contributed by atoms with Crippen LogP contribution in [0.1, 0.15) is 46.5 Å². The standard InChI is InChI=1S/C11H22O/c1-9(2)11(3)7-5-6-10(8-11)12-4/h9-10H,5-8H2,1-4H3. The van der Waals surface area contributed by atoms with E-state index in [2.05, 4.69) is 20.8 Å². The summed E-state index contributed by atoms with van der Waals surface area (Å²) in [5.74, 6) is 0.787. The van der Waals surface area contributed by atoms with Crippen molar-refractivity contribution in [3.05, 3.63) is 0 Å². The minimum absolute atomic E-state index is 0.520. The van der Waals surface area contributed by atoms with E-state index in [4.69, 9.17) is 4.74 Å². The molecular weight excluding hydrogens is 148 g/mol. The van der Waals surface area contributed by atoms with Gasteiger partial charge >= 0.3 is 0 Å². The van der Waals surface area contributed by atoms with Crippen molar-refractivity contribution in [3.63, 3.8) is 0 Å². The summed E-state index contributed by atoms with van der Waals surface area (Å²) in [5, 5.41) is 0. The summed E-state index contributed by atoms with van der Waals surface area (Å²) >= 11 is 0. The van der Waals surface area contributed by atoms with Gasteiger partial charge in [0.1, 0.15) is 0 Å². The van der Waals surface area contributed by atoms with E-state index in [1.807, 2.05) is 7.11 Å². The zero-order valence-corrected chi connectivity index (χ0v) is 8.89. The zero-order valence-electron chi connectivity index (χ0n) is 8.89. The first-order valence-electron chi connectivity index (χ1n) is 5.11. The molecule has 0 aromatic carbocycles. The third-order valence-corrected chi connectivity index (χ3v) is 3.70. The first-order valence-corrected chi connectivity index (χ1v) is 5.11. The average molecular weight is 170 g/mol. The van der Waals surface area contributed by atoms with E-state index in [1.54, 1.807) is 0 Å². The van der Waals surface area contributed by atoms with Crippen LogP contribution < -0.4 is 0 Å². The molecular formula is C11H22O. The molecule has 0 aromatic heterocycles. The van der Waals surface area contributed by atoms with Crippen LogP contribution in [0.25, 0.3) is 0 Å². The first kappa shape index (κ1) is 10.0. The average Bonchev–Trinajstić information content (AvgIpc) is 2.04. The Kier molecular flexibility index (Phi) is 3.16. The molecule has 1 aliphatic rings. The van der Waals surface area contributed by atoms with E-state index in [1.165, 1.54) is 25.7 Å². The normalized spacial score (nSPS) is 37.2. The maximum Gasteiger partial charge on any atom is 0.0576 e. The lowest BCUT2D eigenvalue weighted by atomic mass is 9.67. The van der Waals surface area contributed by atoms with Gasteiger partial charge in [0.05, 0.1) is 6.10 Å². The summed E-state index contributed by atoms with van der Waals surface area (Å²) in [4.78, 5) is 0. The molecule has 0 aromatic rings. The van der Waals surface area contributed by atoms with Crippen LogP contribution >= 0.6 is 0 Å². The van der Waals surface area contributed by atoms with Crippen molar-refractivity contribution in [3.8, 4) is 0 Å². The predicted octanol–water partition coefficient (Wildman–Crippen LogP) is 3.24. The first-order chi connectivity index (χ1) is 5.58. The van der Waals surface area contributed by atoms with Crippen LogP contribution in [0.2, 0.25) is 0 Å². The summed E-state index contributed by atoms with van der Waals surface area (Å²) in [6.07, 6.45) is 5.75. The molecule has 0 bridgehead atoms. The van der Waals surface area contributed by atoms with Crippen LogP contribution in [0.5, 0.6) is 0 Å². The molecule has 1 aliphatic carbocycles. The fourth-order valence-electron chi connectivity index (χ4n) is 2.18. The highest BCUT2D eigenvalue weighted by molar-refractivity contribution is 4.85. The van der Waals surface area contributed by atoms with Crippen LogP contribution in [-0.4, -0.2) is 13.2 Å². The van der Waals surface area contributed by atoms with Crippen molar-refractivity contribution in [2.24, 2.45) is 11.3 Å². The Bertz CT molecular complexity index is 142. The van der Waals surface area contributed by atoms with Crippen LogP contribution in [0.15, 0.2) is 0 Å². The fraction of sp³-hybridized carbons (Fsp3) is 1.00. The molecule has 2 unspecified atom stereocenters. The molecule has 0 N–H and O–H groups in total. The molecule has 1 fully saturated rings. The molecule has 1 heteroatoms. The van der Waals surface area contributed by atoms with E-state index in [0.29, 0.717) is 11.5 Å². The Balaban J connectivity index is 2.54. The van der Waals surface area contributed by atoms with Gasteiger partial charge in [-0.2, -0.15) is 0 Å². The van der Waals surface area contributed by atoms with Gasteiger partial charge in [-0.15, -0.1) is 0 Å². The number of methoxy groups -OCH3 is 1. The van der Waals surface area contributed by atoms with E-state index < -0.39 is 0 Å². The van der Waals surface area contributed by atoms with Gasteiger partial charge in [0, 0.05) is 7.11 Å². The third-order valence-electron chi connectivity index (χ3n) is 3.70. The van der Waals surface area contributed by atoms with Gasteiger partial charge in [-0.3, -0.25) is 0 Å². The van der Waals surface area contributed by atoms with Gasteiger partial charge in [0.15, 0.2) is 0 Å². The molecule has 0 heterocycles. The molecule has 1 nitrogen and oxygen atoms in total. The summed E-state index contributed by atoms with van der Waals surface area (Å²) in [6, 6.07) is 0. The van der Waals surface area contributed by atoms with Crippen LogP contribution in [-0.2, 0) is 4.74 Å². The molecule has 12 heavy (non-hydrogen) atoms. The second-order valence-electron chi connectivity index (χ2n) is 4.76. The summed E-state index contributed by atoms with van der Waals surface area (Å²) in [5.41, 5.74) is 0.527. The number of ether oxygens (including phenoxy) is 1. The van der Waals surface area contributed by atoms with Crippen LogP contribution in [0, 0.1) is 11.3 Å². The van der Waals surface area contributed by atoms with E-state index in [-0.39, 0.29) is 0 Å². The van der Waals surface area contributed by atoms with Gasteiger partial charge in [-0.05, 0) is 30.6 Å². The highest BCUT2D eigenvalue weighted by atomic mass is 16.5. The highest BCUT2D eigenvalue weighted by Crippen LogP contribution is 2.42. The van der Waals surface area contributed by atoms with Crippen molar-refractivity contribution < 1.29 is 4.74 Å². The minimum Gasteiger partial charge on any atom is -0.381 e. The summed E-state index contributed by atoms with van der Waals surface area (Å²) in [7, 11) is 1.84. The van der Waals surface area contributed by atoms with Crippen molar-refractivity contribution in [2.45, 2.75) is 52.6 Å². The topological polar surface area (TPSA) is 9.23 Å². The molecule has 0 saturated heterocycles. The Labute approximate surface area is 76.5 Å². The molecule has 1 rings (SSSR count).